The van der Waals surface area contributed by atoms with Gasteiger partial charge >= 0.3 is 6.09 Å². The van der Waals surface area contributed by atoms with E-state index in [9.17, 15) is 4.79 Å². The van der Waals surface area contributed by atoms with Crippen molar-refractivity contribution in [1.82, 2.24) is 0 Å². The van der Waals surface area contributed by atoms with Gasteiger partial charge in [0.1, 0.15) is 0 Å². The molecule has 0 aromatic heterocycles. The van der Waals surface area contributed by atoms with Gasteiger partial charge in [0.05, 0.1) is 11.6 Å². The van der Waals surface area contributed by atoms with Crippen LogP contribution < -0.4 is 5.73 Å². The van der Waals surface area contributed by atoms with Crippen LogP contribution in [-0.2, 0) is 4.74 Å². The van der Waals surface area contributed by atoms with E-state index in [1.807, 2.05) is 0 Å². The first-order valence-electron chi connectivity index (χ1n) is 4.06. The quantitative estimate of drug-likeness (QED) is 0.898. The average molecular weight is 295 g/mol. The van der Waals surface area contributed by atoms with Crippen molar-refractivity contribution in [1.29, 1.82) is 0 Å². The number of nitrogens with two attached hydrogens (primary N) is 1. The summed E-state index contributed by atoms with van der Waals surface area (Å²) >= 11 is 9.02. The number of hydrogen-bond acceptors (Lipinski definition) is 3. The minimum absolute atomic E-state index is 0.336. The molecule has 0 saturated heterocycles. The summed E-state index contributed by atoms with van der Waals surface area (Å²) in [7, 11) is 0. The van der Waals surface area contributed by atoms with Gasteiger partial charge in [-0.15, -0.1) is 0 Å². The largest absolute Gasteiger partial charge is 0.439 e. The lowest BCUT2D eigenvalue weighted by atomic mass is 10.1. The molecule has 0 aliphatic rings. The number of primary amides is 1. The predicted octanol–water partition coefficient (Wildman–Crippen LogP) is 2.23. The Hall–Kier alpha value is -0.780. The second-order valence-electron chi connectivity index (χ2n) is 2.78. The van der Waals surface area contributed by atoms with E-state index in [4.69, 9.17) is 27.2 Å². The molecule has 4 nitrogen and oxygen atoms in total. The number of halogens is 2. The molecule has 82 valence electrons. The second-order valence-corrected chi connectivity index (χ2v) is 4.04. The van der Waals surface area contributed by atoms with Crippen LogP contribution in [0, 0.1) is 0 Å². The molecule has 0 radical (unpaired) electrons. The molecule has 0 bridgehead atoms. The Bertz CT molecular complexity index is 372. The predicted molar refractivity (Wildman–Crippen MR) is 59.6 cm³/mol. The van der Waals surface area contributed by atoms with Gasteiger partial charge in [-0.3, -0.25) is 0 Å². The maximum absolute atomic E-state index is 10.5. The SMILES string of the molecule is NC(=O)OC(CO)c1ccc(Cl)c(Br)c1. The van der Waals surface area contributed by atoms with Crippen LogP contribution in [0.25, 0.3) is 0 Å². The fourth-order valence-corrected chi connectivity index (χ4v) is 1.58. The van der Waals surface area contributed by atoms with E-state index in [-0.39, 0.29) is 6.61 Å². The lowest BCUT2D eigenvalue weighted by Gasteiger charge is -2.14. The van der Waals surface area contributed by atoms with Crippen LogP contribution in [-0.4, -0.2) is 17.8 Å². The highest BCUT2D eigenvalue weighted by atomic mass is 79.9. The first-order chi connectivity index (χ1) is 7.04. The molecule has 3 N–H and O–H groups in total. The average Bonchev–Trinajstić information content (AvgIpc) is 2.18. The van der Waals surface area contributed by atoms with Crippen molar-refractivity contribution in [3.63, 3.8) is 0 Å². The van der Waals surface area contributed by atoms with E-state index < -0.39 is 12.2 Å². The number of rotatable bonds is 3. The van der Waals surface area contributed by atoms with Gasteiger partial charge < -0.3 is 15.6 Å². The zero-order valence-electron chi connectivity index (χ0n) is 7.61. The monoisotopic (exact) mass is 293 g/mol. The van der Waals surface area contributed by atoms with Crippen molar-refractivity contribution in [2.45, 2.75) is 6.10 Å². The van der Waals surface area contributed by atoms with Gasteiger partial charge in [0, 0.05) is 4.47 Å². The summed E-state index contributed by atoms with van der Waals surface area (Å²) in [5.74, 6) is 0. The minimum Gasteiger partial charge on any atom is -0.439 e. The first-order valence-corrected chi connectivity index (χ1v) is 5.23. The first kappa shape index (κ1) is 12.3. The van der Waals surface area contributed by atoms with E-state index in [2.05, 4.69) is 15.9 Å². The number of carbonyl (C=O) groups is 1. The Morgan fingerprint density at radius 3 is 2.80 bits per heavy atom. The minimum atomic E-state index is -0.930. The number of benzene rings is 1. The van der Waals surface area contributed by atoms with Crippen molar-refractivity contribution in [2.24, 2.45) is 5.73 Å². The lowest BCUT2D eigenvalue weighted by molar-refractivity contribution is 0.0632. The molecule has 0 aliphatic carbocycles. The number of carbonyl (C=O) groups excluding carboxylic acids is 1. The van der Waals surface area contributed by atoms with Gasteiger partial charge in [0.25, 0.3) is 0 Å². The summed E-state index contributed by atoms with van der Waals surface area (Å²) in [6.07, 6.45) is -1.70. The summed E-state index contributed by atoms with van der Waals surface area (Å²) in [5, 5.41) is 9.54. The van der Waals surface area contributed by atoms with E-state index in [0.29, 0.717) is 15.1 Å². The van der Waals surface area contributed by atoms with Gasteiger partial charge in [-0.2, -0.15) is 0 Å². The molecule has 0 heterocycles. The Morgan fingerprint density at radius 2 is 2.33 bits per heavy atom. The zero-order chi connectivity index (χ0) is 11.4. The third-order valence-corrected chi connectivity index (χ3v) is 2.95. The standard InChI is InChI=1S/C9H9BrClNO3/c10-6-3-5(1-2-7(6)11)8(4-13)15-9(12)14/h1-3,8,13H,4H2,(H2,12,14). The molecule has 1 amide bonds. The fraction of sp³-hybridized carbons (Fsp3) is 0.222. The van der Waals surface area contributed by atoms with Crippen LogP contribution in [0.2, 0.25) is 5.02 Å². The molecule has 6 heteroatoms. The summed E-state index contributed by atoms with van der Waals surface area (Å²) < 4.78 is 5.37. The Morgan fingerprint density at radius 1 is 1.67 bits per heavy atom. The molecule has 1 rings (SSSR count). The van der Waals surface area contributed by atoms with E-state index in [1.54, 1.807) is 18.2 Å². The zero-order valence-corrected chi connectivity index (χ0v) is 9.96. The number of hydrogen-bond donors (Lipinski definition) is 2. The van der Waals surface area contributed by atoms with E-state index >= 15 is 0 Å². The molecule has 1 aromatic rings. The highest BCUT2D eigenvalue weighted by Gasteiger charge is 2.14. The summed E-state index contributed by atoms with van der Waals surface area (Å²) in [6, 6.07) is 4.94. The lowest BCUT2D eigenvalue weighted by Crippen LogP contribution is -2.19. The van der Waals surface area contributed by atoms with Crippen LogP contribution in [0.1, 0.15) is 11.7 Å². The van der Waals surface area contributed by atoms with Crippen LogP contribution in [0.3, 0.4) is 0 Å². The molecule has 15 heavy (non-hydrogen) atoms. The number of aliphatic hydroxyl groups is 1. The summed E-state index contributed by atoms with van der Waals surface area (Å²) in [6.45, 7) is -0.336. The maximum atomic E-state index is 10.5. The van der Waals surface area contributed by atoms with Gasteiger partial charge in [0.2, 0.25) is 0 Å². The Labute approximate surface area is 100 Å². The maximum Gasteiger partial charge on any atom is 0.405 e. The van der Waals surface area contributed by atoms with Gasteiger partial charge in [0.15, 0.2) is 6.10 Å². The number of amides is 1. The van der Waals surface area contributed by atoms with Gasteiger partial charge in [-0.25, -0.2) is 4.79 Å². The second kappa shape index (κ2) is 5.34. The van der Waals surface area contributed by atoms with Crippen molar-refractivity contribution < 1.29 is 14.6 Å². The third-order valence-electron chi connectivity index (χ3n) is 1.74. The molecule has 1 unspecified atom stereocenters. The van der Waals surface area contributed by atoms with Crippen LogP contribution in [0.5, 0.6) is 0 Å². The molecule has 1 aromatic carbocycles. The topological polar surface area (TPSA) is 72.6 Å². The number of aliphatic hydroxyl groups excluding tert-OH is 1. The highest BCUT2D eigenvalue weighted by molar-refractivity contribution is 9.10. The smallest absolute Gasteiger partial charge is 0.405 e. The van der Waals surface area contributed by atoms with Crippen molar-refractivity contribution in [3.05, 3.63) is 33.3 Å². The molecular weight excluding hydrogens is 285 g/mol. The Kier molecular flexibility index (Phi) is 4.38. The van der Waals surface area contributed by atoms with Crippen molar-refractivity contribution >= 4 is 33.6 Å². The van der Waals surface area contributed by atoms with Gasteiger partial charge in [-0.05, 0) is 33.6 Å². The number of ether oxygens (including phenoxy) is 1. The van der Waals surface area contributed by atoms with Crippen LogP contribution in [0.4, 0.5) is 4.79 Å². The van der Waals surface area contributed by atoms with Gasteiger partial charge in [-0.1, -0.05) is 17.7 Å². The normalized spacial score (nSPS) is 12.2. The van der Waals surface area contributed by atoms with Crippen LogP contribution >= 0.6 is 27.5 Å². The molecule has 0 aliphatic heterocycles. The molecule has 0 spiro atoms. The highest BCUT2D eigenvalue weighted by Crippen LogP contribution is 2.27. The Balaban J connectivity index is 2.92. The summed E-state index contributed by atoms with van der Waals surface area (Å²) in [4.78, 5) is 10.5. The van der Waals surface area contributed by atoms with Crippen molar-refractivity contribution in [3.8, 4) is 0 Å². The molecule has 0 fully saturated rings. The molecular formula is C9H9BrClNO3. The van der Waals surface area contributed by atoms with E-state index in [1.165, 1.54) is 0 Å². The van der Waals surface area contributed by atoms with E-state index in [0.717, 1.165) is 0 Å². The summed E-state index contributed by atoms with van der Waals surface area (Å²) in [5.41, 5.74) is 5.48. The third kappa shape index (κ3) is 3.37. The van der Waals surface area contributed by atoms with Crippen LogP contribution in [0.15, 0.2) is 22.7 Å². The molecule has 0 saturated carbocycles. The fourth-order valence-electron chi connectivity index (χ4n) is 1.06. The molecule has 1 atom stereocenters. The van der Waals surface area contributed by atoms with Crippen molar-refractivity contribution in [2.75, 3.05) is 6.61 Å².